The maximum absolute atomic E-state index is 13.1. The standard InChI is InChI=1S/C33H45N7O3S/c1-33(2,3)43-32(41)40-17-16-39(19-24(40)10-13-34)30-27-11-15-38(29-9-5-7-23-22-44-18-12-26(23)29)20-28(27)35-31(36-30)42-21-25-8-6-14-37(25)4/h5,7,9,24-25H,6,8,10-12,14-22H2,1-4H3/t24-,25-/m0/s1. The van der Waals surface area contributed by atoms with Gasteiger partial charge in [0.05, 0.1) is 30.8 Å². The molecule has 2 atom stereocenters. The second kappa shape index (κ2) is 13.0. The molecule has 11 heteroatoms. The van der Waals surface area contributed by atoms with Crippen molar-refractivity contribution in [3.05, 3.63) is 40.6 Å². The second-order valence-electron chi connectivity index (χ2n) is 13.4. The van der Waals surface area contributed by atoms with E-state index < -0.39 is 5.60 Å². The van der Waals surface area contributed by atoms with Crippen LogP contribution in [0.1, 0.15) is 62.4 Å². The Labute approximate surface area is 265 Å². The Morgan fingerprint density at radius 2 is 1.95 bits per heavy atom. The Kier molecular flexibility index (Phi) is 9.11. The molecule has 0 N–H and O–H groups in total. The molecule has 5 heterocycles. The first-order valence-corrected chi connectivity index (χ1v) is 17.1. The number of rotatable bonds is 6. The molecule has 2 fully saturated rings. The molecule has 44 heavy (non-hydrogen) atoms. The van der Waals surface area contributed by atoms with Crippen molar-refractivity contribution in [3.8, 4) is 12.1 Å². The highest BCUT2D eigenvalue weighted by atomic mass is 32.2. The molecule has 1 aromatic heterocycles. The van der Waals surface area contributed by atoms with E-state index in [9.17, 15) is 10.1 Å². The number of likely N-dealkylation sites (tertiary alicyclic amines) is 1. The minimum absolute atomic E-state index is 0.228. The van der Waals surface area contributed by atoms with E-state index >= 15 is 0 Å². The van der Waals surface area contributed by atoms with Crippen molar-refractivity contribution in [1.29, 1.82) is 5.26 Å². The van der Waals surface area contributed by atoms with E-state index in [0.717, 1.165) is 60.9 Å². The molecule has 6 rings (SSSR count). The van der Waals surface area contributed by atoms with E-state index in [1.165, 1.54) is 23.2 Å². The van der Waals surface area contributed by atoms with Gasteiger partial charge in [-0.2, -0.15) is 27.0 Å². The smallest absolute Gasteiger partial charge is 0.410 e. The molecule has 10 nitrogen and oxygen atoms in total. The van der Waals surface area contributed by atoms with E-state index in [4.69, 9.17) is 19.4 Å². The molecule has 2 saturated heterocycles. The number of anilines is 2. The first kappa shape index (κ1) is 30.8. The zero-order valence-electron chi connectivity index (χ0n) is 26.5. The summed E-state index contributed by atoms with van der Waals surface area (Å²) < 4.78 is 12.0. The fourth-order valence-corrected chi connectivity index (χ4v) is 7.85. The van der Waals surface area contributed by atoms with Crippen LogP contribution >= 0.6 is 11.8 Å². The number of hydrogen-bond donors (Lipinski definition) is 0. The number of aromatic nitrogens is 2. The number of carbonyl (C=O) groups excluding carboxylic acids is 1. The summed E-state index contributed by atoms with van der Waals surface area (Å²) in [6.07, 6.45) is 4.07. The number of benzene rings is 1. The zero-order chi connectivity index (χ0) is 30.8. The normalized spacial score (nSPS) is 22.3. The second-order valence-corrected chi connectivity index (χ2v) is 14.5. The first-order valence-electron chi connectivity index (χ1n) is 16.0. The van der Waals surface area contributed by atoms with Crippen LogP contribution in [0.25, 0.3) is 0 Å². The van der Waals surface area contributed by atoms with Gasteiger partial charge in [0.2, 0.25) is 0 Å². The Bertz CT molecular complexity index is 1410. The Morgan fingerprint density at radius 3 is 2.73 bits per heavy atom. The number of hydrogen-bond acceptors (Lipinski definition) is 10. The van der Waals surface area contributed by atoms with Gasteiger partial charge < -0.3 is 29.1 Å². The van der Waals surface area contributed by atoms with Crippen LogP contribution in [0.3, 0.4) is 0 Å². The highest BCUT2D eigenvalue weighted by molar-refractivity contribution is 7.98. The van der Waals surface area contributed by atoms with Gasteiger partial charge in [0.25, 0.3) is 0 Å². The van der Waals surface area contributed by atoms with Gasteiger partial charge in [-0.1, -0.05) is 12.1 Å². The monoisotopic (exact) mass is 619 g/mol. The van der Waals surface area contributed by atoms with Crippen LogP contribution < -0.4 is 14.5 Å². The molecule has 236 valence electrons. The number of carbonyl (C=O) groups is 1. The van der Waals surface area contributed by atoms with Crippen molar-refractivity contribution >= 4 is 29.4 Å². The molecule has 0 saturated carbocycles. The first-order chi connectivity index (χ1) is 21.2. The van der Waals surface area contributed by atoms with Gasteiger partial charge in [-0.15, -0.1) is 0 Å². The SMILES string of the molecule is CN1CCC[C@H]1COc1nc2c(c(N3CCN(C(=O)OC(C)(C)C)[C@@H](CC#N)C3)n1)CCN(c1cccc3c1CCSC3)C2. The van der Waals surface area contributed by atoms with Crippen LogP contribution in [-0.2, 0) is 29.9 Å². The van der Waals surface area contributed by atoms with Crippen molar-refractivity contribution in [2.45, 2.75) is 82.9 Å². The highest BCUT2D eigenvalue weighted by Gasteiger charge is 2.36. The number of nitriles is 1. The number of ether oxygens (including phenoxy) is 2. The van der Waals surface area contributed by atoms with Crippen LogP contribution in [0.4, 0.5) is 16.3 Å². The van der Waals surface area contributed by atoms with Gasteiger partial charge in [-0.05, 0) is 83.0 Å². The fraction of sp³-hybridized carbons (Fsp3) is 0.636. The predicted octanol–water partition coefficient (Wildman–Crippen LogP) is 4.64. The predicted molar refractivity (Wildman–Crippen MR) is 173 cm³/mol. The number of piperazine rings is 1. The van der Waals surface area contributed by atoms with Gasteiger partial charge in [0.1, 0.15) is 18.0 Å². The molecule has 2 aromatic rings. The Hall–Kier alpha value is -3.23. The van der Waals surface area contributed by atoms with E-state index in [0.29, 0.717) is 44.8 Å². The average molecular weight is 620 g/mol. The molecule has 4 aliphatic rings. The van der Waals surface area contributed by atoms with Crippen molar-refractivity contribution in [2.24, 2.45) is 0 Å². The number of likely N-dealkylation sites (N-methyl/N-ethyl adjacent to an activating group) is 1. The Balaban J connectivity index is 1.29. The third-order valence-electron chi connectivity index (χ3n) is 9.18. The van der Waals surface area contributed by atoms with Crippen molar-refractivity contribution in [1.82, 2.24) is 19.8 Å². The van der Waals surface area contributed by atoms with Crippen molar-refractivity contribution < 1.29 is 14.3 Å². The quantitative estimate of drug-likeness (QED) is 0.455. The summed E-state index contributed by atoms with van der Waals surface area (Å²) in [5.74, 6) is 3.11. The third-order valence-corrected chi connectivity index (χ3v) is 10.2. The molecule has 0 bridgehead atoms. The van der Waals surface area contributed by atoms with Gasteiger partial charge >= 0.3 is 12.1 Å². The van der Waals surface area contributed by atoms with Crippen molar-refractivity contribution in [2.75, 3.05) is 61.9 Å². The lowest BCUT2D eigenvalue weighted by molar-refractivity contribution is 0.0144. The third kappa shape index (κ3) is 6.71. The highest BCUT2D eigenvalue weighted by Crippen LogP contribution is 2.37. The lowest BCUT2D eigenvalue weighted by atomic mass is 9.99. The molecule has 1 amide bonds. The lowest BCUT2D eigenvalue weighted by Gasteiger charge is -2.42. The maximum atomic E-state index is 13.1. The molecule has 0 unspecified atom stereocenters. The number of nitrogens with zero attached hydrogens (tertiary/aromatic N) is 7. The fourth-order valence-electron chi connectivity index (χ4n) is 6.87. The van der Waals surface area contributed by atoms with Gasteiger partial charge in [0, 0.05) is 49.2 Å². The number of amides is 1. The average Bonchev–Trinajstić information content (AvgIpc) is 3.42. The van der Waals surface area contributed by atoms with Gasteiger partial charge in [-0.25, -0.2) is 4.79 Å². The summed E-state index contributed by atoms with van der Waals surface area (Å²) in [5.41, 5.74) is 5.80. The summed E-state index contributed by atoms with van der Waals surface area (Å²) in [7, 11) is 2.15. The molecule has 0 aliphatic carbocycles. The van der Waals surface area contributed by atoms with Crippen LogP contribution in [0, 0.1) is 11.3 Å². The summed E-state index contributed by atoms with van der Waals surface area (Å²) in [5, 5.41) is 9.66. The van der Waals surface area contributed by atoms with Crippen LogP contribution in [0.15, 0.2) is 18.2 Å². The van der Waals surface area contributed by atoms with Crippen LogP contribution in [0.2, 0.25) is 0 Å². The number of fused-ring (bicyclic) bond motifs is 2. The van der Waals surface area contributed by atoms with Crippen LogP contribution in [-0.4, -0.2) is 95.7 Å². The molecule has 1 aromatic carbocycles. The van der Waals surface area contributed by atoms with Gasteiger partial charge in [-0.3, -0.25) is 0 Å². The van der Waals surface area contributed by atoms with Gasteiger partial charge in [0.15, 0.2) is 0 Å². The molecular formula is C33H45N7O3S. The van der Waals surface area contributed by atoms with E-state index in [1.54, 1.807) is 4.90 Å². The summed E-state index contributed by atoms with van der Waals surface area (Å²) in [4.78, 5) is 31.9. The summed E-state index contributed by atoms with van der Waals surface area (Å²) in [6.45, 7) is 10.4. The summed E-state index contributed by atoms with van der Waals surface area (Å²) >= 11 is 2.01. The largest absolute Gasteiger partial charge is 0.462 e. The minimum atomic E-state index is -0.598. The van der Waals surface area contributed by atoms with E-state index in [1.807, 2.05) is 32.5 Å². The number of thioether (sulfide) groups is 1. The van der Waals surface area contributed by atoms with Crippen LogP contribution in [0.5, 0.6) is 6.01 Å². The van der Waals surface area contributed by atoms with Crippen molar-refractivity contribution in [3.63, 3.8) is 0 Å². The molecular weight excluding hydrogens is 574 g/mol. The van der Waals surface area contributed by atoms with E-state index in [-0.39, 0.29) is 18.6 Å². The summed E-state index contributed by atoms with van der Waals surface area (Å²) in [6, 6.07) is 9.49. The Morgan fingerprint density at radius 1 is 1.09 bits per heavy atom. The molecule has 0 radical (unpaired) electrons. The molecule has 4 aliphatic heterocycles. The minimum Gasteiger partial charge on any atom is -0.462 e. The lowest BCUT2D eigenvalue weighted by Crippen LogP contribution is -2.56. The topological polar surface area (TPSA) is 98.1 Å². The van der Waals surface area contributed by atoms with E-state index in [2.05, 4.69) is 46.0 Å². The zero-order valence-corrected chi connectivity index (χ0v) is 27.4. The maximum Gasteiger partial charge on any atom is 0.410 e. The molecule has 0 spiro atoms.